The van der Waals surface area contributed by atoms with Crippen LogP contribution < -0.4 is 0 Å². The average Bonchev–Trinajstić information content (AvgIpc) is 2.29. The zero-order chi connectivity index (χ0) is 10.0. The van der Waals surface area contributed by atoms with Crippen LogP contribution in [0, 0.1) is 0 Å². The molecule has 5 heteroatoms. The van der Waals surface area contributed by atoms with Crippen molar-refractivity contribution in [2.75, 3.05) is 6.54 Å². The predicted octanol–water partition coefficient (Wildman–Crippen LogP) is -0.511. The van der Waals surface area contributed by atoms with Gasteiger partial charge in [0, 0.05) is 20.3 Å². The van der Waals surface area contributed by atoms with Gasteiger partial charge < -0.3 is 14.7 Å². The summed E-state index contributed by atoms with van der Waals surface area (Å²) in [6, 6.07) is 0. The lowest BCUT2D eigenvalue weighted by molar-refractivity contribution is -0.146. The Morgan fingerprint density at radius 1 is 1.46 bits per heavy atom. The Kier molecular flexibility index (Phi) is 2.87. The first-order chi connectivity index (χ1) is 6.00. The van der Waals surface area contributed by atoms with E-state index in [0.717, 1.165) is 0 Å². The minimum Gasteiger partial charge on any atom is -0.460 e. The number of aliphatic hydroxyl groups is 1. The van der Waals surface area contributed by atoms with Crippen molar-refractivity contribution in [1.29, 1.82) is 0 Å². The van der Waals surface area contributed by atoms with Gasteiger partial charge in [0.25, 0.3) is 0 Å². The maximum absolute atomic E-state index is 10.9. The third-order valence-corrected chi connectivity index (χ3v) is 1.97. The first kappa shape index (κ1) is 9.98. The minimum absolute atomic E-state index is 0.206. The molecule has 0 aromatic carbocycles. The molecule has 0 aliphatic carbocycles. The van der Waals surface area contributed by atoms with Crippen LogP contribution in [0.1, 0.15) is 20.3 Å². The fraction of sp³-hybridized carbons (Fsp3) is 0.750. The maximum Gasteiger partial charge on any atom is 0.302 e. The summed E-state index contributed by atoms with van der Waals surface area (Å²) in [4.78, 5) is 22.8. The molecule has 74 valence electrons. The largest absolute Gasteiger partial charge is 0.460 e. The van der Waals surface area contributed by atoms with Gasteiger partial charge >= 0.3 is 5.97 Å². The van der Waals surface area contributed by atoms with Gasteiger partial charge in [-0.1, -0.05) is 0 Å². The Morgan fingerprint density at radius 3 is 2.46 bits per heavy atom. The number of likely N-dealkylation sites (tertiary alicyclic amines) is 1. The van der Waals surface area contributed by atoms with Crippen LogP contribution in [0.4, 0.5) is 0 Å². The molecule has 0 saturated carbocycles. The Hall–Kier alpha value is -1.10. The van der Waals surface area contributed by atoms with E-state index in [9.17, 15) is 14.7 Å². The lowest BCUT2D eigenvalue weighted by Gasteiger charge is -2.17. The Balaban J connectivity index is 2.50. The summed E-state index contributed by atoms with van der Waals surface area (Å²) in [7, 11) is 0. The average molecular weight is 187 g/mol. The van der Waals surface area contributed by atoms with Crippen molar-refractivity contribution in [3.8, 4) is 0 Å². The second kappa shape index (κ2) is 3.74. The molecular formula is C8H13NO4. The number of hydrogen-bond donors (Lipinski definition) is 1. The Labute approximate surface area is 76.3 Å². The second-order valence-electron chi connectivity index (χ2n) is 3.12. The molecule has 2 unspecified atom stereocenters. The van der Waals surface area contributed by atoms with E-state index in [1.807, 2.05) is 0 Å². The fourth-order valence-corrected chi connectivity index (χ4v) is 1.44. The highest BCUT2D eigenvalue weighted by molar-refractivity contribution is 5.74. The third kappa shape index (κ3) is 2.42. The number of rotatable bonds is 1. The highest BCUT2D eigenvalue weighted by Crippen LogP contribution is 2.18. The third-order valence-electron chi connectivity index (χ3n) is 1.97. The van der Waals surface area contributed by atoms with Gasteiger partial charge in [0.05, 0.1) is 6.54 Å². The van der Waals surface area contributed by atoms with Gasteiger partial charge in [0.2, 0.25) is 5.91 Å². The molecule has 1 rings (SSSR count). The van der Waals surface area contributed by atoms with Crippen LogP contribution in [-0.4, -0.2) is 40.8 Å². The Bertz CT molecular complexity index is 228. The molecule has 2 atom stereocenters. The van der Waals surface area contributed by atoms with E-state index < -0.39 is 6.23 Å². The van der Waals surface area contributed by atoms with Gasteiger partial charge in [-0.25, -0.2) is 0 Å². The highest BCUT2D eigenvalue weighted by atomic mass is 16.5. The normalized spacial score (nSPS) is 27.5. The molecule has 1 N–H and O–H groups in total. The lowest BCUT2D eigenvalue weighted by Crippen LogP contribution is -2.34. The molecule has 0 radical (unpaired) electrons. The van der Waals surface area contributed by atoms with Gasteiger partial charge in [-0.2, -0.15) is 0 Å². The number of aliphatic hydroxyl groups excluding tert-OH is 1. The van der Waals surface area contributed by atoms with Crippen molar-refractivity contribution >= 4 is 11.9 Å². The summed E-state index contributed by atoms with van der Waals surface area (Å²) < 4.78 is 4.87. The van der Waals surface area contributed by atoms with Crippen molar-refractivity contribution in [2.45, 2.75) is 32.6 Å². The summed E-state index contributed by atoms with van der Waals surface area (Å²) in [6.45, 7) is 2.97. The monoisotopic (exact) mass is 187 g/mol. The summed E-state index contributed by atoms with van der Waals surface area (Å²) >= 11 is 0. The molecule has 1 aliphatic rings. The number of carbonyl (C=O) groups is 2. The molecule has 1 aliphatic heterocycles. The molecule has 1 amide bonds. The predicted molar refractivity (Wildman–Crippen MR) is 43.6 cm³/mol. The summed E-state index contributed by atoms with van der Waals surface area (Å²) in [5.41, 5.74) is 0. The van der Waals surface area contributed by atoms with Crippen molar-refractivity contribution in [3.63, 3.8) is 0 Å². The molecule has 0 bridgehead atoms. The second-order valence-corrected chi connectivity index (χ2v) is 3.12. The number of ether oxygens (including phenoxy) is 1. The smallest absolute Gasteiger partial charge is 0.302 e. The van der Waals surface area contributed by atoms with Crippen molar-refractivity contribution < 1.29 is 19.4 Å². The van der Waals surface area contributed by atoms with E-state index in [2.05, 4.69) is 0 Å². The topological polar surface area (TPSA) is 66.8 Å². The van der Waals surface area contributed by atoms with E-state index in [-0.39, 0.29) is 24.5 Å². The fourth-order valence-electron chi connectivity index (χ4n) is 1.44. The van der Waals surface area contributed by atoms with E-state index in [4.69, 9.17) is 4.74 Å². The zero-order valence-electron chi connectivity index (χ0n) is 7.69. The van der Waals surface area contributed by atoms with Gasteiger partial charge in [0.1, 0.15) is 12.3 Å². The quantitative estimate of drug-likeness (QED) is 0.561. The summed E-state index contributed by atoms with van der Waals surface area (Å²) in [5, 5.41) is 9.36. The van der Waals surface area contributed by atoms with Crippen LogP contribution in [-0.2, 0) is 14.3 Å². The molecule has 0 aromatic heterocycles. The highest BCUT2D eigenvalue weighted by Gasteiger charge is 2.33. The number of hydrogen-bond acceptors (Lipinski definition) is 4. The molecule has 0 spiro atoms. The van der Waals surface area contributed by atoms with Crippen LogP contribution in [0.2, 0.25) is 0 Å². The van der Waals surface area contributed by atoms with Crippen molar-refractivity contribution in [1.82, 2.24) is 4.90 Å². The lowest BCUT2D eigenvalue weighted by atomic mass is 10.3. The minimum atomic E-state index is -0.818. The molecule has 0 aromatic rings. The van der Waals surface area contributed by atoms with E-state index >= 15 is 0 Å². The van der Waals surface area contributed by atoms with Gasteiger partial charge in [-0.15, -0.1) is 0 Å². The van der Waals surface area contributed by atoms with Gasteiger partial charge in [0.15, 0.2) is 0 Å². The number of carbonyl (C=O) groups excluding carboxylic acids is 2. The van der Waals surface area contributed by atoms with Crippen LogP contribution in [0.3, 0.4) is 0 Å². The number of nitrogens with zero attached hydrogens (tertiary/aromatic N) is 1. The number of amides is 1. The maximum atomic E-state index is 10.9. The van der Waals surface area contributed by atoms with Crippen LogP contribution >= 0.6 is 0 Å². The molecule has 13 heavy (non-hydrogen) atoms. The Morgan fingerprint density at radius 2 is 2.08 bits per heavy atom. The van der Waals surface area contributed by atoms with Gasteiger partial charge in [-0.05, 0) is 0 Å². The van der Waals surface area contributed by atoms with Crippen molar-refractivity contribution in [2.24, 2.45) is 0 Å². The molecule has 1 fully saturated rings. The van der Waals surface area contributed by atoms with Crippen LogP contribution in [0.15, 0.2) is 0 Å². The molecule has 1 saturated heterocycles. The van der Waals surface area contributed by atoms with Crippen LogP contribution in [0.5, 0.6) is 0 Å². The van der Waals surface area contributed by atoms with E-state index in [1.54, 1.807) is 0 Å². The first-order valence-corrected chi connectivity index (χ1v) is 4.13. The number of esters is 1. The van der Waals surface area contributed by atoms with Gasteiger partial charge in [-0.3, -0.25) is 9.59 Å². The summed E-state index contributed by atoms with van der Waals surface area (Å²) in [6.07, 6.45) is -0.877. The zero-order valence-corrected chi connectivity index (χ0v) is 7.69. The van der Waals surface area contributed by atoms with Crippen molar-refractivity contribution in [3.05, 3.63) is 0 Å². The van der Waals surface area contributed by atoms with E-state index in [0.29, 0.717) is 6.42 Å². The van der Waals surface area contributed by atoms with E-state index in [1.165, 1.54) is 18.7 Å². The molecule has 1 heterocycles. The molecule has 5 nitrogen and oxygen atoms in total. The molecular weight excluding hydrogens is 174 g/mol. The van der Waals surface area contributed by atoms with Crippen LogP contribution in [0.25, 0.3) is 0 Å². The first-order valence-electron chi connectivity index (χ1n) is 4.13. The SMILES string of the molecule is CC(=O)OC1CC(O)N(C(C)=O)C1. The summed E-state index contributed by atoms with van der Waals surface area (Å²) in [5.74, 6) is -0.593. The standard InChI is InChI=1S/C8H13NO4/c1-5(10)9-4-7(3-8(9)12)13-6(2)11/h7-8,12H,3-4H2,1-2H3.